The Morgan fingerprint density at radius 1 is 0.836 bits per heavy atom. The number of carboxylic acids is 2. The van der Waals surface area contributed by atoms with Gasteiger partial charge in [-0.05, 0) is 25.8 Å². The summed E-state index contributed by atoms with van der Waals surface area (Å²) in [6.45, 7) is 2.99. The van der Waals surface area contributed by atoms with Crippen LogP contribution in [0.5, 0.6) is 0 Å². The van der Waals surface area contributed by atoms with Gasteiger partial charge in [-0.2, -0.15) is 0 Å². The fourth-order valence-electron chi connectivity index (χ4n) is 8.95. The van der Waals surface area contributed by atoms with Crippen LogP contribution < -0.4 is 17.0 Å². The molecule has 0 aromatic carbocycles. The third kappa shape index (κ3) is 15.3. The Balaban J connectivity index is 1.56. The molecule has 0 aliphatic carbocycles. The quantitative estimate of drug-likeness (QED) is 0.0410. The lowest BCUT2D eigenvalue weighted by Gasteiger charge is -2.38. The van der Waals surface area contributed by atoms with Crippen molar-refractivity contribution in [3.05, 3.63) is 33.1 Å². The smallest absolute Gasteiger partial charge is 0.330 e. The number of aromatic amines is 1. The number of hydrogen-bond donors (Lipinski definition) is 8. The Bertz CT molecular complexity index is 1900. The van der Waals surface area contributed by atoms with E-state index in [0.29, 0.717) is 6.42 Å². The number of nitrogens with zero attached hydrogens (tertiary/aromatic N) is 3. The highest BCUT2D eigenvalue weighted by atomic mass is 16.7. The monoisotopic (exact) mass is 957 g/mol. The van der Waals surface area contributed by atoms with Crippen LogP contribution in [0.1, 0.15) is 116 Å². The number of aromatic nitrogens is 2. The van der Waals surface area contributed by atoms with Gasteiger partial charge < -0.3 is 65.0 Å². The number of likely N-dealkylation sites (N-methyl/N-ethyl adjacent to an activating group) is 2. The molecule has 14 atom stereocenters. The molecule has 1 aromatic rings. The zero-order valence-electron chi connectivity index (χ0n) is 38.8. The molecular weight excluding hydrogens is 887 g/mol. The van der Waals surface area contributed by atoms with Crippen LogP contribution in [-0.2, 0) is 47.7 Å². The highest BCUT2D eigenvalue weighted by molar-refractivity contribution is 5.88. The van der Waals surface area contributed by atoms with Crippen molar-refractivity contribution in [2.45, 2.75) is 190 Å². The van der Waals surface area contributed by atoms with E-state index in [2.05, 4.69) is 6.92 Å². The highest BCUT2D eigenvalue weighted by Crippen LogP contribution is 2.36. The highest BCUT2D eigenvalue weighted by Gasteiger charge is 2.57. The summed E-state index contributed by atoms with van der Waals surface area (Å²) < 4.78 is 30.0. The van der Waals surface area contributed by atoms with E-state index in [0.717, 1.165) is 60.9 Å². The van der Waals surface area contributed by atoms with E-state index in [1.807, 2.05) is 4.98 Å². The number of aliphatic hydroxyl groups is 4. The molecule has 380 valence electrons. The predicted molar refractivity (Wildman–Crippen MR) is 234 cm³/mol. The summed E-state index contributed by atoms with van der Waals surface area (Å²) in [6.07, 6.45) is -6.06. The predicted octanol–water partition coefficient (Wildman–Crippen LogP) is -0.412. The van der Waals surface area contributed by atoms with Gasteiger partial charge in [0, 0.05) is 45.2 Å². The fourth-order valence-corrected chi connectivity index (χ4v) is 8.95. The van der Waals surface area contributed by atoms with Gasteiger partial charge in [0.2, 0.25) is 5.91 Å². The Hall–Kier alpha value is -4.33. The van der Waals surface area contributed by atoms with Gasteiger partial charge in [-0.1, -0.05) is 78.1 Å². The van der Waals surface area contributed by atoms with Gasteiger partial charge >= 0.3 is 29.6 Å². The van der Waals surface area contributed by atoms with Crippen LogP contribution in [0.3, 0.4) is 0 Å². The van der Waals surface area contributed by atoms with Crippen molar-refractivity contribution in [2.75, 3.05) is 27.2 Å². The van der Waals surface area contributed by atoms with Crippen LogP contribution in [0.4, 0.5) is 0 Å². The topological polar surface area (TPSA) is 340 Å². The molecule has 3 aliphatic rings. The first-order valence-corrected chi connectivity index (χ1v) is 23.3. The van der Waals surface area contributed by atoms with Crippen molar-refractivity contribution in [2.24, 2.45) is 11.7 Å². The molecule has 67 heavy (non-hydrogen) atoms. The minimum Gasteiger partial charge on any atom is -0.481 e. The molecule has 0 spiro atoms. The number of carbonyl (C=O) groups is 5. The zero-order chi connectivity index (χ0) is 49.5. The number of H-pyrrole nitrogens is 1. The number of hydrogen-bond acceptors (Lipinski definition) is 18. The van der Waals surface area contributed by atoms with Crippen LogP contribution in [0, 0.1) is 5.92 Å². The summed E-state index contributed by atoms with van der Waals surface area (Å²) in [5, 5.41) is 63.8. The van der Waals surface area contributed by atoms with Crippen LogP contribution in [0.25, 0.3) is 0 Å². The Labute approximate surface area is 388 Å². The maximum Gasteiger partial charge on any atom is 0.330 e. The second-order valence-electron chi connectivity index (χ2n) is 18.0. The Kier molecular flexibility index (Phi) is 21.8. The Morgan fingerprint density at radius 3 is 2.03 bits per heavy atom. The molecule has 3 fully saturated rings. The van der Waals surface area contributed by atoms with Gasteiger partial charge in [-0.3, -0.25) is 38.4 Å². The lowest BCUT2D eigenvalue weighted by molar-refractivity contribution is -0.233. The zero-order valence-corrected chi connectivity index (χ0v) is 38.8. The summed E-state index contributed by atoms with van der Waals surface area (Å²) in [5.41, 5.74) is 3.92. The number of ether oxygens (including phenoxy) is 5. The largest absolute Gasteiger partial charge is 0.481 e. The number of aliphatic hydroxyl groups excluding tert-OH is 4. The van der Waals surface area contributed by atoms with E-state index >= 15 is 0 Å². The molecule has 4 heterocycles. The van der Waals surface area contributed by atoms with Gasteiger partial charge in [0.1, 0.15) is 61.0 Å². The Morgan fingerprint density at radius 2 is 1.46 bits per heavy atom. The van der Waals surface area contributed by atoms with Crippen molar-refractivity contribution in [3.8, 4) is 0 Å². The number of nitrogens with one attached hydrogen (secondary N) is 1. The van der Waals surface area contributed by atoms with E-state index in [-0.39, 0.29) is 25.8 Å². The third-order valence-corrected chi connectivity index (χ3v) is 12.6. The van der Waals surface area contributed by atoms with Gasteiger partial charge in [0.05, 0.1) is 6.42 Å². The number of aliphatic carboxylic acids is 2. The number of amides is 1. The molecule has 23 heteroatoms. The summed E-state index contributed by atoms with van der Waals surface area (Å²) in [4.78, 5) is 94.1. The third-order valence-electron chi connectivity index (χ3n) is 12.6. The van der Waals surface area contributed by atoms with Crippen LogP contribution >= 0.6 is 0 Å². The van der Waals surface area contributed by atoms with Gasteiger partial charge in [-0.15, -0.1) is 0 Å². The van der Waals surface area contributed by atoms with E-state index in [4.69, 9.17) is 29.4 Å². The fraction of sp³-hybridized carbons (Fsp3) is 0.795. The van der Waals surface area contributed by atoms with Gasteiger partial charge in [0.25, 0.3) is 5.56 Å². The molecule has 1 amide bonds. The van der Waals surface area contributed by atoms with E-state index in [1.54, 1.807) is 6.92 Å². The first-order chi connectivity index (χ1) is 31.8. The SMILES string of the molecule is CCCCCCCCCCCCC[C@H](CC(=O)O[C@H]1CN(C)[C@H]([C@@H](O[C@@H]2O[C@H](CN)[C@H](O)[C@@H]2O)[C@@H]2O[C@H](n3ccc(=O)[nH]c3=O)[C@@H](O)[C@@H]2O)C(=O)N(C)[C@@H]1C(=O)O)OC(=O)C[C@H](C)CC(=O)O. The molecule has 3 aliphatic heterocycles. The maximum absolute atomic E-state index is 14.5. The van der Waals surface area contributed by atoms with E-state index < -0.39 is 139 Å². The van der Waals surface area contributed by atoms with Crippen LogP contribution in [-0.4, -0.2) is 180 Å². The number of nitrogens with two attached hydrogens (primary N) is 1. The maximum atomic E-state index is 14.5. The number of unbranched alkanes of at least 4 members (excludes halogenated alkanes) is 10. The molecule has 0 saturated carbocycles. The van der Waals surface area contributed by atoms with Crippen LogP contribution in [0.15, 0.2) is 21.9 Å². The number of rotatable bonds is 27. The van der Waals surface area contributed by atoms with E-state index in [9.17, 15) is 64.2 Å². The van der Waals surface area contributed by atoms with Crippen molar-refractivity contribution < 1.29 is 78.3 Å². The molecule has 4 rings (SSSR count). The summed E-state index contributed by atoms with van der Waals surface area (Å²) in [6, 6.07) is -2.56. The molecule has 23 nitrogen and oxygen atoms in total. The minimum absolute atomic E-state index is 0.226. The molecule has 0 bridgehead atoms. The summed E-state index contributed by atoms with van der Waals surface area (Å²) in [5.74, 6) is -5.90. The normalized spacial score (nSPS) is 29.3. The number of carbonyl (C=O) groups excluding carboxylic acids is 3. The van der Waals surface area contributed by atoms with Crippen molar-refractivity contribution in [1.29, 1.82) is 0 Å². The average molecular weight is 958 g/mol. The standard InChI is InChI=1S/C44H71N5O18/c1-5-6-7-8-9-10-11-12-13-14-15-16-25(63-30(53)20-24(2)19-29(51)52)21-31(54)64-27-23-47(3)33(40(59)48(4)32(27)42(60)61)38(67-43-37(58)34(55)26(22-45)65-43)39-35(56)36(57)41(66-39)49-18-17-28(50)46-44(49)62/h17-18,24-27,32-39,41,43,55-58H,5-16,19-23,45H2,1-4H3,(H,51,52)(H,60,61)(H,46,50,62)/t24-,25-,26-,27+,32+,33-,34+,35+,36+,37+,38-,39-,41+,43+/m1/s1. The molecule has 9 N–H and O–H groups in total. The van der Waals surface area contributed by atoms with Crippen molar-refractivity contribution in [1.82, 2.24) is 19.4 Å². The summed E-state index contributed by atoms with van der Waals surface area (Å²) >= 11 is 0. The van der Waals surface area contributed by atoms with Gasteiger partial charge in [-0.25, -0.2) is 9.59 Å². The molecular formula is C44H71N5O18. The molecule has 0 unspecified atom stereocenters. The first-order valence-electron chi connectivity index (χ1n) is 23.3. The number of esters is 2. The van der Waals surface area contributed by atoms with Crippen molar-refractivity contribution >= 4 is 29.8 Å². The second-order valence-corrected chi connectivity index (χ2v) is 18.0. The molecule has 1 aromatic heterocycles. The molecule has 0 radical (unpaired) electrons. The lowest BCUT2D eigenvalue weighted by Crippen LogP contribution is -2.59. The van der Waals surface area contributed by atoms with E-state index in [1.165, 1.54) is 44.1 Å². The van der Waals surface area contributed by atoms with Crippen molar-refractivity contribution in [3.63, 3.8) is 0 Å². The second kappa shape index (κ2) is 26.4. The minimum atomic E-state index is -1.95. The summed E-state index contributed by atoms with van der Waals surface area (Å²) in [7, 11) is 2.47. The van der Waals surface area contributed by atoms with Gasteiger partial charge in [0.15, 0.2) is 18.6 Å². The average Bonchev–Trinajstić information content (AvgIpc) is 3.66. The number of carboxylic acid groups (broad SMARTS) is 2. The molecule has 3 saturated heterocycles. The van der Waals surface area contributed by atoms with Crippen LogP contribution in [0.2, 0.25) is 0 Å². The lowest BCUT2D eigenvalue weighted by atomic mass is 9.97. The first kappa shape index (κ1) is 55.3.